The number of carbonyl (C=O) groups excluding carboxylic acids is 1. The topological polar surface area (TPSA) is 78.9 Å². The zero-order valence-corrected chi connectivity index (χ0v) is 21.4. The quantitative estimate of drug-likeness (QED) is 0.274. The summed E-state index contributed by atoms with van der Waals surface area (Å²) in [5.41, 5.74) is -1.41. The maximum Gasteiger partial charge on any atom is 0.434 e. The molecule has 7 nitrogen and oxygen atoms in total. The van der Waals surface area contributed by atoms with Crippen LogP contribution in [-0.4, -0.2) is 59.8 Å². The van der Waals surface area contributed by atoms with Gasteiger partial charge in [-0.2, -0.15) is 13.2 Å². The molecule has 1 aromatic rings. The van der Waals surface area contributed by atoms with Crippen LogP contribution in [0.5, 0.6) is 0 Å². The number of amides is 1. The first-order chi connectivity index (χ1) is 14.0. The van der Waals surface area contributed by atoms with Gasteiger partial charge in [-0.1, -0.05) is 0 Å². The van der Waals surface area contributed by atoms with Gasteiger partial charge in [0.15, 0.2) is 11.7 Å². The van der Waals surface area contributed by atoms with Crippen LogP contribution in [0.15, 0.2) is 10.4 Å². The first kappa shape index (κ1) is 27.7. The molecule has 0 bridgehead atoms. The molecule has 1 aliphatic rings. The van der Waals surface area contributed by atoms with E-state index in [1.54, 1.807) is 4.90 Å². The third-order valence-corrected chi connectivity index (χ3v) is 4.95. The van der Waals surface area contributed by atoms with Gasteiger partial charge in [-0.3, -0.25) is 4.99 Å². The summed E-state index contributed by atoms with van der Waals surface area (Å²) in [7, 11) is 0. The van der Waals surface area contributed by atoms with Gasteiger partial charge in [0.05, 0.1) is 5.01 Å². The summed E-state index contributed by atoms with van der Waals surface area (Å²) < 4.78 is 43.3. The van der Waals surface area contributed by atoms with Gasteiger partial charge in [0, 0.05) is 44.0 Å². The number of nitrogens with one attached hydrogen (secondary N) is 2. The molecule has 1 saturated carbocycles. The molecule has 31 heavy (non-hydrogen) atoms. The molecule has 0 saturated heterocycles. The summed E-state index contributed by atoms with van der Waals surface area (Å²) in [6, 6.07) is 0.217. The number of guanidine groups is 1. The molecule has 1 amide bonds. The predicted molar refractivity (Wildman–Crippen MR) is 126 cm³/mol. The summed E-state index contributed by atoms with van der Waals surface area (Å²) in [4.78, 5) is 22.1. The maximum absolute atomic E-state index is 12.6. The smallest absolute Gasteiger partial charge is 0.434 e. The van der Waals surface area contributed by atoms with Crippen LogP contribution < -0.4 is 10.6 Å². The van der Waals surface area contributed by atoms with E-state index < -0.39 is 17.5 Å². The van der Waals surface area contributed by atoms with E-state index in [0.717, 1.165) is 29.6 Å². The Labute approximate surface area is 202 Å². The molecule has 1 aromatic heterocycles. The van der Waals surface area contributed by atoms with Crippen molar-refractivity contribution in [1.82, 2.24) is 20.5 Å². The first-order valence-corrected chi connectivity index (χ1v) is 10.9. The number of carbonyl (C=O) groups is 1. The van der Waals surface area contributed by atoms with E-state index in [-0.39, 0.29) is 36.1 Å². The minimum Gasteiger partial charge on any atom is -0.444 e. The van der Waals surface area contributed by atoms with Crippen molar-refractivity contribution >= 4 is 47.4 Å². The van der Waals surface area contributed by atoms with Crippen LogP contribution in [0.3, 0.4) is 0 Å². The van der Waals surface area contributed by atoms with Gasteiger partial charge < -0.3 is 20.3 Å². The zero-order chi connectivity index (χ0) is 22.4. The number of alkyl halides is 3. The lowest BCUT2D eigenvalue weighted by Gasteiger charge is -2.27. The van der Waals surface area contributed by atoms with Crippen molar-refractivity contribution in [3.8, 4) is 0 Å². The van der Waals surface area contributed by atoms with E-state index in [1.807, 2.05) is 27.7 Å². The van der Waals surface area contributed by atoms with E-state index in [1.165, 1.54) is 0 Å². The fourth-order valence-corrected chi connectivity index (χ4v) is 3.38. The minimum absolute atomic E-state index is 0. The lowest BCUT2D eigenvalue weighted by Crippen LogP contribution is -2.45. The molecule has 0 atom stereocenters. The van der Waals surface area contributed by atoms with Crippen LogP contribution >= 0.6 is 35.3 Å². The van der Waals surface area contributed by atoms with Gasteiger partial charge in [-0.05, 0) is 40.5 Å². The molecule has 12 heteroatoms. The van der Waals surface area contributed by atoms with Gasteiger partial charge in [-0.25, -0.2) is 9.78 Å². The first-order valence-electron chi connectivity index (χ1n) is 10.0. The molecule has 2 N–H and O–H groups in total. The van der Waals surface area contributed by atoms with Crippen molar-refractivity contribution in [1.29, 1.82) is 0 Å². The van der Waals surface area contributed by atoms with Gasteiger partial charge in [0.25, 0.3) is 0 Å². The van der Waals surface area contributed by atoms with Crippen molar-refractivity contribution in [3.05, 3.63) is 16.1 Å². The van der Waals surface area contributed by atoms with E-state index in [0.29, 0.717) is 43.6 Å². The van der Waals surface area contributed by atoms with Crippen LogP contribution in [0.4, 0.5) is 18.0 Å². The van der Waals surface area contributed by atoms with Gasteiger partial charge >= 0.3 is 12.3 Å². The number of rotatable bonds is 8. The third-order valence-electron chi connectivity index (χ3n) is 4.04. The van der Waals surface area contributed by atoms with Crippen molar-refractivity contribution in [3.63, 3.8) is 0 Å². The molecular weight excluding hydrogens is 546 g/mol. The van der Waals surface area contributed by atoms with Crippen LogP contribution in [0.1, 0.15) is 51.2 Å². The Morgan fingerprint density at radius 2 is 2.00 bits per heavy atom. The molecule has 1 fully saturated rings. The summed E-state index contributed by atoms with van der Waals surface area (Å²) in [6.07, 6.45) is -2.47. The summed E-state index contributed by atoms with van der Waals surface area (Å²) in [5.74, 6) is 0.546. The lowest BCUT2D eigenvalue weighted by molar-refractivity contribution is -0.140. The molecule has 0 aliphatic heterocycles. The second-order valence-electron chi connectivity index (χ2n) is 7.97. The Balaban J connectivity index is 0.00000480. The van der Waals surface area contributed by atoms with E-state index in [4.69, 9.17) is 4.74 Å². The Hall–Kier alpha value is -1.31. The number of halogens is 4. The van der Waals surface area contributed by atoms with Gasteiger partial charge in [0.1, 0.15) is 5.60 Å². The monoisotopic (exact) mass is 577 g/mol. The van der Waals surface area contributed by atoms with E-state index in [9.17, 15) is 18.0 Å². The number of ether oxygens (including phenoxy) is 1. The summed E-state index contributed by atoms with van der Waals surface area (Å²) in [6.45, 7) is 9.34. The fourth-order valence-electron chi connectivity index (χ4n) is 2.59. The van der Waals surface area contributed by atoms with Crippen molar-refractivity contribution in [2.24, 2.45) is 4.99 Å². The SMILES string of the molecule is CCNC(=NCCc1nc(C(F)(F)F)cs1)NCCN(C(=O)OC(C)(C)C)C1CC1.I. The largest absolute Gasteiger partial charge is 0.444 e. The normalized spacial score (nSPS) is 14.6. The van der Waals surface area contributed by atoms with E-state index >= 15 is 0 Å². The average Bonchev–Trinajstić information content (AvgIpc) is 3.32. The zero-order valence-electron chi connectivity index (χ0n) is 18.2. The highest BCUT2D eigenvalue weighted by molar-refractivity contribution is 14.0. The number of nitrogens with zero attached hydrogens (tertiary/aromatic N) is 3. The van der Waals surface area contributed by atoms with Crippen molar-refractivity contribution in [2.75, 3.05) is 26.2 Å². The molecule has 2 rings (SSSR count). The minimum atomic E-state index is -4.42. The second-order valence-corrected chi connectivity index (χ2v) is 8.91. The highest BCUT2D eigenvalue weighted by atomic mass is 127. The molecule has 0 aromatic carbocycles. The average molecular weight is 577 g/mol. The standard InChI is InChI=1S/C19H30F3N5O2S.HI/c1-5-23-16(24-9-8-15-26-14(12-30-15)19(20,21)22)25-10-11-27(13-6-7-13)17(28)29-18(2,3)4;/h12-13H,5-11H2,1-4H3,(H2,23,24,25);1H. The molecule has 0 radical (unpaired) electrons. The molecule has 0 spiro atoms. The Morgan fingerprint density at radius 3 is 2.52 bits per heavy atom. The predicted octanol–water partition coefficient (Wildman–Crippen LogP) is 4.28. The van der Waals surface area contributed by atoms with Gasteiger partial charge in [0.2, 0.25) is 0 Å². The molecule has 1 aliphatic carbocycles. The molecule has 0 unspecified atom stereocenters. The number of hydrogen-bond donors (Lipinski definition) is 2. The molecule has 178 valence electrons. The maximum atomic E-state index is 12.6. The number of aromatic nitrogens is 1. The van der Waals surface area contributed by atoms with E-state index in [2.05, 4.69) is 20.6 Å². The third kappa shape index (κ3) is 10.2. The van der Waals surface area contributed by atoms with Crippen LogP contribution in [0, 0.1) is 0 Å². The van der Waals surface area contributed by atoms with Gasteiger partial charge in [-0.15, -0.1) is 35.3 Å². The molecular formula is C19H31F3IN5O2S. The Kier molecular flexibility index (Phi) is 10.8. The summed E-state index contributed by atoms with van der Waals surface area (Å²) >= 11 is 0.982. The number of hydrogen-bond acceptors (Lipinski definition) is 5. The van der Waals surface area contributed by atoms with Crippen molar-refractivity contribution in [2.45, 2.75) is 64.8 Å². The van der Waals surface area contributed by atoms with Crippen LogP contribution in [0.2, 0.25) is 0 Å². The van der Waals surface area contributed by atoms with Crippen LogP contribution in [0.25, 0.3) is 0 Å². The van der Waals surface area contributed by atoms with Crippen LogP contribution in [-0.2, 0) is 17.3 Å². The summed E-state index contributed by atoms with van der Waals surface area (Å²) in [5, 5.41) is 7.67. The Morgan fingerprint density at radius 1 is 1.32 bits per heavy atom. The highest BCUT2D eigenvalue weighted by Crippen LogP contribution is 2.30. The molecule has 1 heterocycles. The van der Waals surface area contributed by atoms with Crippen molar-refractivity contribution < 1.29 is 22.7 Å². The second kappa shape index (κ2) is 12.1. The fraction of sp³-hybridized carbons (Fsp3) is 0.737. The lowest BCUT2D eigenvalue weighted by atomic mass is 10.2. The Bertz CT molecular complexity index is 733. The number of thiazole rings is 1. The number of aliphatic imine (C=N–C) groups is 1. The highest BCUT2D eigenvalue weighted by Gasteiger charge is 2.35.